The molecular formula is C27H25ClF3N5. The van der Waals surface area contributed by atoms with Crippen molar-refractivity contribution < 1.29 is 13.2 Å². The van der Waals surface area contributed by atoms with Crippen LogP contribution >= 0.6 is 11.6 Å². The van der Waals surface area contributed by atoms with Gasteiger partial charge in [0.2, 0.25) is 0 Å². The van der Waals surface area contributed by atoms with Crippen LogP contribution in [0.1, 0.15) is 36.9 Å². The van der Waals surface area contributed by atoms with Crippen molar-refractivity contribution in [2.45, 2.75) is 37.5 Å². The first-order valence-corrected chi connectivity index (χ1v) is 12.5. The van der Waals surface area contributed by atoms with Gasteiger partial charge in [-0.25, -0.2) is 18.2 Å². The molecule has 2 atom stereocenters. The summed E-state index contributed by atoms with van der Waals surface area (Å²) in [6.45, 7) is 2.01. The number of nitrogens with zero attached hydrogens (tertiary/aromatic N) is 4. The molecule has 1 aromatic carbocycles. The van der Waals surface area contributed by atoms with Crippen LogP contribution in [0.4, 0.5) is 19.0 Å². The third kappa shape index (κ3) is 4.22. The van der Waals surface area contributed by atoms with Crippen molar-refractivity contribution in [1.82, 2.24) is 19.9 Å². The van der Waals surface area contributed by atoms with E-state index in [9.17, 15) is 13.2 Å². The lowest BCUT2D eigenvalue weighted by atomic mass is 10.0. The smallest absolute Gasteiger partial charge is 0.130 e. The summed E-state index contributed by atoms with van der Waals surface area (Å²) in [5.41, 5.74) is 3.04. The largest absolute Gasteiger partial charge is 0.351 e. The van der Waals surface area contributed by atoms with Gasteiger partial charge in [-0.05, 0) is 62.3 Å². The summed E-state index contributed by atoms with van der Waals surface area (Å²) in [5, 5.41) is 3.85. The summed E-state index contributed by atoms with van der Waals surface area (Å²) in [4.78, 5) is 11.0. The van der Waals surface area contributed by atoms with E-state index in [-0.39, 0.29) is 18.5 Å². The predicted molar refractivity (Wildman–Crippen MR) is 135 cm³/mol. The van der Waals surface area contributed by atoms with Crippen molar-refractivity contribution in [2.75, 3.05) is 24.5 Å². The van der Waals surface area contributed by atoms with Crippen LogP contribution in [-0.4, -0.2) is 40.3 Å². The second kappa shape index (κ2) is 9.41. The van der Waals surface area contributed by atoms with E-state index >= 15 is 0 Å². The van der Waals surface area contributed by atoms with Gasteiger partial charge in [-0.15, -0.1) is 0 Å². The molecule has 6 rings (SSSR count). The van der Waals surface area contributed by atoms with Gasteiger partial charge in [-0.1, -0.05) is 11.6 Å². The summed E-state index contributed by atoms with van der Waals surface area (Å²) in [7, 11) is 0. The van der Waals surface area contributed by atoms with E-state index < -0.39 is 23.8 Å². The van der Waals surface area contributed by atoms with E-state index in [1.165, 1.54) is 0 Å². The molecule has 0 bridgehead atoms. The molecule has 2 saturated heterocycles. The Bertz CT molecular complexity index is 1420. The van der Waals surface area contributed by atoms with Gasteiger partial charge < -0.3 is 14.8 Å². The first kappa shape index (κ1) is 23.3. The highest BCUT2D eigenvalue weighted by Gasteiger charge is 2.36. The molecule has 3 aromatic heterocycles. The maximum Gasteiger partial charge on any atom is 0.130 e. The number of piperidine rings is 1. The van der Waals surface area contributed by atoms with Crippen LogP contribution in [0.15, 0.2) is 55.0 Å². The van der Waals surface area contributed by atoms with Crippen molar-refractivity contribution in [3.05, 3.63) is 77.2 Å². The molecule has 2 fully saturated rings. The highest BCUT2D eigenvalue weighted by atomic mass is 35.5. The van der Waals surface area contributed by atoms with E-state index in [0.717, 1.165) is 55.3 Å². The zero-order valence-corrected chi connectivity index (χ0v) is 20.2. The minimum Gasteiger partial charge on any atom is -0.351 e. The zero-order valence-electron chi connectivity index (χ0n) is 19.5. The van der Waals surface area contributed by atoms with Crippen LogP contribution in [0.5, 0.6) is 0 Å². The number of hydrogen-bond donors (Lipinski definition) is 1. The average Bonchev–Trinajstić information content (AvgIpc) is 3.53. The first-order chi connectivity index (χ1) is 17.5. The van der Waals surface area contributed by atoms with Gasteiger partial charge in [0.15, 0.2) is 0 Å². The Hall–Kier alpha value is -3.10. The van der Waals surface area contributed by atoms with Gasteiger partial charge in [-0.2, -0.15) is 0 Å². The molecule has 0 aliphatic carbocycles. The molecule has 0 amide bonds. The topological polar surface area (TPSA) is 46.0 Å². The number of anilines is 1. The number of alkyl halides is 1. The van der Waals surface area contributed by atoms with Crippen molar-refractivity contribution >= 4 is 28.5 Å². The highest BCUT2D eigenvalue weighted by Crippen LogP contribution is 2.40. The number of aromatic nitrogens is 3. The Labute approximate surface area is 211 Å². The van der Waals surface area contributed by atoms with Gasteiger partial charge in [-0.3, -0.25) is 4.98 Å². The lowest BCUT2D eigenvalue weighted by molar-refractivity contribution is 0.355. The lowest BCUT2D eigenvalue weighted by Crippen LogP contribution is -2.28. The fourth-order valence-electron chi connectivity index (χ4n) is 5.46. The van der Waals surface area contributed by atoms with Crippen LogP contribution in [0.3, 0.4) is 0 Å². The highest BCUT2D eigenvalue weighted by molar-refractivity contribution is 6.34. The monoisotopic (exact) mass is 511 g/mol. The fraction of sp³-hybridized carbons (Fsp3) is 0.333. The molecule has 1 N–H and O–H groups in total. The molecule has 0 saturated carbocycles. The second-order valence-corrected chi connectivity index (χ2v) is 9.92. The van der Waals surface area contributed by atoms with Crippen LogP contribution in [0, 0.1) is 11.6 Å². The normalized spacial score (nSPS) is 20.9. The van der Waals surface area contributed by atoms with Crippen molar-refractivity contribution in [1.29, 1.82) is 0 Å². The first-order valence-electron chi connectivity index (χ1n) is 12.2. The van der Waals surface area contributed by atoms with Gasteiger partial charge in [0.05, 0.1) is 23.1 Å². The quantitative estimate of drug-likeness (QED) is 0.352. The van der Waals surface area contributed by atoms with E-state index in [4.69, 9.17) is 16.6 Å². The number of hydrogen-bond acceptors (Lipinski definition) is 4. The molecule has 0 radical (unpaired) electrons. The Morgan fingerprint density at radius 1 is 1.06 bits per heavy atom. The van der Waals surface area contributed by atoms with E-state index in [2.05, 4.69) is 27.3 Å². The van der Waals surface area contributed by atoms with Crippen LogP contribution < -0.4 is 10.2 Å². The second-order valence-electron chi connectivity index (χ2n) is 9.51. The van der Waals surface area contributed by atoms with E-state index in [1.807, 2.05) is 12.1 Å². The van der Waals surface area contributed by atoms with Crippen LogP contribution in [0.25, 0.3) is 22.2 Å². The van der Waals surface area contributed by atoms with Crippen molar-refractivity contribution in [2.24, 2.45) is 0 Å². The SMILES string of the molecule is Fc1ccc(F)c([C@H]2C[C@H](F)CN2c2ccc3ncc(Cl)c(-c4ccn(C5CCNCC5)c4)c3n2)c1. The number of nitrogens with one attached hydrogen (secondary N) is 1. The number of benzene rings is 1. The molecule has 186 valence electrons. The van der Waals surface area contributed by atoms with Gasteiger partial charge >= 0.3 is 0 Å². The zero-order chi connectivity index (χ0) is 24.8. The molecule has 2 aliphatic rings. The Balaban J connectivity index is 1.42. The molecule has 9 heteroatoms. The Kier molecular flexibility index (Phi) is 6.09. The molecule has 0 spiro atoms. The van der Waals surface area contributed by atoms with Crippen LogP contribution in [0.2, 0.25) is 5.02 Å². The summed E-state index contributed by atoms with van der Waals surface area (Å²) in [6.07, 6.45) is 6.74. The maximum absolute atomic E-state index is 14.6. The number of fused-ring (bicyclic) bond motifs is 1. The molecule has 2 aliphatic heterocycles. The van der Waals surface area contributed by atoms with Crippen molar-refractivity contribution in [3.8, 4) is 11.1 Å². The van der Waals surface area contributed by atoms with E-state index in [1.54, 1.807) is 17.2 Å². The van der Waals surface area contributed by atoms with Gasteiger partial charge in [0, 0.05) is 47.7 Å². The predicted octanol–water partition coefficient (Wildman–Crippen LogP) is 6.24. The molecule has 5 nitrogen and oxygen atoms in total. The Morgan fingerprint density at radius 2 is 1.89 bits per heavy atom. The lowest BCUT2D eigenvalue weighted by Gasteiger charge is -2.26. The van der Waals surface area contributed by atoms with Crippen LogP contribution in [-0.2, 0) is 0 Å². The summed E-state index contributed by atoms with van der Waals surface area (Å²) >= 11 is 6.64. The van der Waals surface area contributed by atoms with Gasteiger partial charge in [0.25, 0.3) is 0 Å². The molecule has 36 heavy (non-hydrogen) atoms. The summed E-state index contributed by atoms with van der Waals surface area (Å²) < 4.78 is 45.4. The minimum atomic E-state index is -1.19. The molecule has 5 heterocycles. The number of rotatable bonds is 4. The van der Waals surface area contributed by atoms with Crippen molar-refractivity contribution in [3.63, 3.8) is 0 Å². The molecular weight excluding hydrogens is 487 g/mol. The standard InChI is InChI=1S/C27H25ClF3N5/c28-21-13-33-23-3-4-25(36-15-18(30)12-24(36)20-11-17(29)1-2-22(20)31)34-27(23)26(21)16-7-10-35(14-16)19-5-8-32-9-6-19/h1-4,7,10-11,13-14,18-19,24,32H,5-6,8-9,12,15H2/t18-,24+/m0/s1. The number of pyridine rings is 2. The molecule has 4 aromatic rings. The Morgan fingerprint density at radius 3 is 2.72 bits per heavy atom. The molecule has 0 unspecified atom stereocenters. The fourth-order valence-corrected chi connectivity index (χ4v) is 5.71. The van der Waals surface area contributed by atoms with E-state index in [0.29, 0.717) is 27.9 Å². The summed E-state index contributed by atoms with van der Waals surface area (Å²) in [5.74, 6) is -0.651. The average molecular weight is 512 g/mol. The number of halogens is 4. The maximum atomic E-state index is 14.6. The summed E-state index contributed by atoms with van der Waals surface area (Å²) in [6, 6.07) is 8.61. The third-order valence-electron chi connectivity index (χ3n) is 7.25. The van der Waals surface area contributed by atoms with Gasteiger partial charge in [0.1, 0.15) is 29.1 Å². The minimum absolute atomic E-state index is 0.0363. The third-order valence-corrected chi connectivity index (χ3v) is 7.53.